The Morgan fingerprint density at radius 2 is 2.29 bits per heavy atom. The number of hydrogen-bond donors (Lipinski definition) is 2. The summed E-state index contributed by atoms with van der Waals surface area (Å²) in [6.45, 7) is 0.628. The van der Waals surface area contributed by atoms with Gasteiger partial charge in [-0.25, -0.2) is 0 Å². The maximum absolute atomic E-state index is 5.92. The van der Waals surface area contributed by atoms with Gasteiger partial charge in [-0.2, -0.15) is 0 Å². The summed E-state index contributed by atoms with van der Waals surface area (Å²) in [7, 11) is 5.34. The molecular formula is C8H17N5O. The Labute approximate surface area is 83.5 Å². The lowest BCUT2D eigenvalue weighted by atomic mass is 10.2. The second kappa shape index (κ2) is 4.92. The highest BCUT2D eigenvalue weighted by atomic mass is 16.5. The molecule has 0 aromatic carbocycles. The molecule has 0 bridgehead atoms. The highest BCUT2D eigenvalue weighted by molar-refractivity contribution is 5.24. The first-order valence-electron chi connectivity index (χ1n) is 4.52. The Morgan fingerprint density at radius 3 is 2.79 bits per heavy atom. The molecule has 0 radical (unpaired) electrons. The Kier molecular flexibility index (Phi) is 3.84. The Morgan fingerprint density at radius 1 is 1.57 bits per heavy atom. The van der Waals surface area contributed by atoms with Crippen molar-refractivity contribution in [2.45, 2.75) is 12.5 Å². The van der Waals surface area contributed by atoms with E-state index in [1.807, 2.05) is 11.6 Å². The predicted octanol–water partition coefficient (Wildman–Crippen LogP) is -0.107. The van der Waals surface area contributed by atoms with E-state index in [0.717, 1.165) is 12.2 Å². The third-order valence-corrected chi connectivity index (χ3v) is 2.10. The fourth-order valence-corrected chi connectivity index (χ4v) is 1.26. The van der Waals surface area contributed by atoms with Crippen LogP contribution in [-0.2, 0) is 11.8 Å². The Balaban J connectivity index is 2.69. The molecule has 1 aromatic heterocycles. The molecule has 6 heteroatoms. The molecule has 6 nitrogen and oxygen atoms in total. The number of nitrogens with two attached hydrogens (primary N) is 1. The molecular weight excluding hydrogens is 182 g/mol. The van der Waals surface area contributed by atoms with Gasteiger partial charge in [0.25, 0.3) is 0 Å². The van der Waals surface area contributed by atoms with Gasteiger partial charge in [0.15, 0.2) is 5.82 Å². The minimum atomic E-state index is -0.130. The van der Waals surface area contributed by atoms with Crippen LogP contribution in [0.2, 0.25) is 0 Å². The molecule has 1 heterocycles. The van der Waals surface area contributed by atoms with Crippen LogP contribution in [0.1, 0.15) is 18.3 Å². The van der Waals surface area contributed by atoms with Gasteiger partial charge in [-0.1, -0.05) is 0 Å². The van der Waals surface area contributed by atoms with Gasteiger partial charge >= 0.3 is 0 Å². The molecule has 0 fully saturated rings. The van der Waals surface area contributed by atoms with E-state index in [0.29, 0.717) is 12.6 Å². The van der Waals surface area contributed by atoms with Crippen LogP contribution in [0.4, 0.5) is 5.95 Å². The Hall–Kier alpha value is -1.14. The van der Waals surface area contributed by atoms with Crippen LogP contribution in [0.5, 0.6) is 0 Å². The quantitative estimate of drug-likeness (QED) is 0.692. The van der Waals surface area contributed by atoms with Gasteiger partial charge in [0.05, 0.1) is 6.04 Å². The maximum Gasteiger partial charge on any atom is 0.224 e. The third-order valence-electron chi connectivity index (χ3n) is 2.10. The largest absolute Gasteiger partial charge is 0.385 e. The highest BCUT2D eigenvalue weighted by Crippen LogP contribution is 2.13. The minimum absolute atomic E-state index is 0.130. The van der Waals surface area contributed by atoms with Gasteiger partial charge in [-0.15, -0.1) is 10.2 Å². The summed E-state index contributed by atoms with van der Waals surface area (Å²) in [6.07, 6.45) is 0.742. The van der Waals surface area contributed by atoms with E-state index in [-0.39, 0.29) is 6.04 Å². The lowest BCUT2D eigenvalue weighted by Crippen LogP contribution is -2.17. The zero-order valence-corrected chi connectivity index (χ0v) is 8.82. The van der Waals surface area contributed by atoms with Crippen molar-refractivity contribution in [2.75, 3.05) is 26.1 Å². The highest BCUT2D eigenvalue weighted by Gasteiger charge is 2.14. The molecule has 0 saturated heterocycles. The molecule has 3 N–H and O–H groups in total. The normalized spacial score (nSPS) is 12.9. The summed E-state index contributed by atoms with van der Waals surface area (Å²) in [4.78, 5) is 0. The van der Waals surface area contributed by atoms with Crippen molar-refractivity contribution in [3.63, 3.8) is 0 Å². The molecule has 80 valence electrons. The first-order chi connectivity index (χ1) is 6.70. The van der Waals surface area contributed by atoms with Crippen LogP contribution >= 0.6 is 0 Å². The van der Waals surface area contributed by atoms with Gasteiger partial charge in [0.1, 0.15) is 0 Å². The molecule has 14 heavy (non-hydrogen) atoms. The molecule has 0 saturated carbocycles. The van der Waals surface area contributed by atoms with Crippen molar-refractivity contribution < 1.29 is 4.74 Å². The van der Waals surface area contributed by atoms with E-state index < -0.39 is 0 Å². The molecule has 1 atom stereocenters. The van der Waals surface area contributed by atoms with E-state index in [9.17, 15) is 0 Å². The average molecular weight is 199 g/mol. The molecule has 0 spiro atoms. The van der Waals surface area contributed by atoms with Crippen molar-refractivity contribution in [1.82, 2.24) is 14.8 Å². The van der Waals surface area contributed by atoms with E-state index in [1.54, 1.807) is 14.2 Å². The van der Waals surface area contributed by atoms with Crippen molar-refractivity contribution in [2.24, 2.45) is 12.8 Å². The van der Waals surface area contributed by atoms with E-state index in [4.69, 9.17) is 10.5 Å². The second-order valence-electron chi connectivity index (χ2n) is 3.08. The molecule has 1 unspecified atom stereocenters. The standard InChI is InChI=1S/C8H17N5O/c1-10-8-12-11-7(13(8)2)6(9)4-5-14-3/h6H,4-5,9H2,1-3H3,(H,10,12). The topological polar surface area (TPSA) is 78.0 Å². The molecule has 0 aliphatic heterocycles. The second-order valence-corrected chi connectivity index (χ2v) is 3.08. The number of ether oxygens (including phenoxy) is 1. The van der Waals surface area contributed by atoms with Crippen LogP contribution in [0, 0.1) is 0 Å². The molecule has 1 aromatic rings. The van der Waals surface area contributed by atoms with Crippen molar-refractivity contribution in [3.05, 3.63) is 5.82 Å². The average Bonchev–Trinajstić information content (AvgIpc) is 2.56. The van der Waals surface area contributed by atoms with Crippen LogP contribution in [0.25, 0.3) is 0 Å². The van der Waals surface area contributed by atoms with Gasteiger partial charge in [0.2, 0.25) is 5.95 Å². The molecule has 0 aliphatic rings. The number of methoxy groups -OCH3 is 1. The number of nitrogens with zero attached hydrogens (tertiary/aromatic N) is 3. The minimum Gasteiger partial charge on any atom is -0.385 e. The summed E-state index contributed by atoms with van der Waals surface area (Å²) in [5.74, 6) is 1.49. The van der Waals surface area contributed by atoms with Crippen LogP contribution in [0.15, 0.2) is 0 Å². The fourth-order valence-electron chi connectivity index (χ4n) is 1.26. The zero-order chi connectivity index (χ0) is 10.6. The Bertz CT molecular complexity index is 285. The van der Waals surface area contributed by atoms with Crippen LogP contribution in [0.3, 0.4) is 0 Å². The van der Waals surface area contributed by atoms with Gasteiger partial charge in [-0.3, -0.25) is 4.57 Å². The molecule has 0 amide bonds. The zero-order valence-electron chi connectivity index (χ0n) is 8.82. The predicted molar refractivity (Wildman–Crippen MR) is 54.0 cm³/mol. The lowest BCUT2D eigenvalue weighted by molar-refractivity contribution is 0.187. The monoisotopic (exact) mass is 199 g/mol. The van der Waals surface area contributed by atoms with E-state index in [1.165, 1.54) is 0 Å². The van der Waals surface area contributed by atoms with E-state index in [2.05, 4.69) is 15.5 Å². The van der Waals surface area contributed by atoms with Gasteiger partial charge < -0.3 is 15.8 Å². The number of nitrogens with one attached hydrogen (secondary N) is 1. The smallest absolute Gasteiger partial charge is 0.224 e. The summed E-state index contributed by atoms with van der Waals surface area (Å²) >= 11 is 0. The third kappa shape index (κ3) is 2.21. The van der Waals surface area contributed by atoms with Crippen LogP contribution in [-0.4, -0.2) is 35.5 Å². The fraction of sp³-hybridized carbons (Fsp3) is 0.750. The van der Waals surface area contributed by atoms with Crippen molar-refractivity contribution in [3.8, 4) is 0 Å². The maximum atomic E-state index is 5.92. The van der Waals surface area contributed by atoms with Crippen molar-refractivity contribution in [1.29, 1.82) is 0 Å². The molecule has 1 rings (SSSR count). The number of anilines is 1. The van der Waals surface area contributed by atoms with Crippen LogP contribution < -0.4 is 11.1 Å². The summed E-state index contributed by atoms with van der Waals surface area (Å²) in [5, 5.41) is 10.9. The number of rotatable bonds is 5. The summed E-state index contributed by atoms with van der Waals surface area (Å²) in [6, 6.07) is -0.130. The van der Waals surface area contributed by atoms with Gasteiger partial charge in [0, 0.05) is 27.8 Å². The number of aromatic nitrogens is 3. The first-order valence-corrected chi connectivity index (χ1v) is 4.52. The lowest BCUT2D eigenvalue weighted by Gasteiger charge is -2.10. The summed E-state index contributed by atoms with van der Waals surface area (Å²) < 4.78 is 6.80. The van der Waals surface area contributed by atoms with Crippen molar-refractivity contribution >= 4 is 5.95 Å². The SMILES string of the molecule is CNc1nnc(C(N)CCOC)n1C. The number of hydrogen-bond acceptors (Lipinski definition) is 5. The summed E-state index contributed by atoms with van der Waals surface area (Å²) in [5.41, 5.74) is 5.92. The van der Waals surface area contributed by atoms with Gasteiger partial charge in [-0.05, 0) is 6.42 Å². The van der Waals surface area contributed by atoms with E-state index >= 15 is 0 Å². The molecule has 0 aliphatic carbocycles. The first kappa shape index (κ1) is 10.9.